The third-order valence-corrected chi connectivity index (χ3v) is 3.99. The number of nitrogens with one attached hydrogen (secondary N) is 1. The lowest BCUT2D eigenvalue weighted by Crippen LogP contribution is -2.46. The second kappa shape index (κ2) is 5.63. The molecule has 2 aromatic rings. The molecule has 0 fully saturated rings. The van der Waals surface area contributed by atoms with E-state index in [0.29, 0.717) is 6.04 Å². The maximum absolute atomic E-state index is 4.61. The minimum Gasteiger partial charge on any atom is -0.348 e. The van der Waals surface area contributed by atoms with E-state index in [2.05, 4.69) is 58.5 Å². The van der Waals surface area contributed by atoms with Gasteiger partial charge in [0.1, 0.15) is 5.82 Å². The summed E-state index contributed by atoms with van der Waals surface area (Å²) < 4.78 is 0. The van der Waals surface area contributed by atoms with Crippen molar-refractivity contribution in [3.8, 4) is 0 Å². The van der Waals surface area contributed by atoms with Crippen LogP contribution in [0.5, 0.6) is 0 Å². The van der Waals surface area contributed by atoms with Crippen LogP contribution in [0, 0.1) is 6.92 Å². The lowest BCUT2D eigenvalue weighted by molar-refractivity contribution is 0.523. The van der Waals surface area contributed by atoms with Crippen LogP contribution >= 0.6 is 0 Å². The first-order valence-corrected chi connectivity index (χ1v) is 7.18. The molecule has 0 saturated heterocycles. The number of fused-ring (bicyclic) bond motifs is 1. The van der Waals surface area contributed by atoms with Crippen LogP contribution in [0.15, 0.2) is 42.6 Å². The van der Waals surface area contributed by atoms with Crippen LogP contribution in [-0.2, 0) is 13.0 Å². The fourth-order valence-corrected chi connectivity index (χ4v) is 2.90. The average Bonchev–Trinajstić information content (AvgIpc) is 2.48. The van der Waals surface area contributed by atoms with Gasteiger partial charge in [0.05, 0.1) is 0 Å². The quantitative estimate of drug-likeness (QED) is 0.926. The number of benzene rings is 1. The lowest BCUT2D eigenvalue weighted by Gasteiger charge is -2.38. The first kappa shape index (κ1) is 13.1. The first-order chi connectivity index (χ1) is 9.78. The van der Waals surface area contributed by atoms with Crippen LogP contribution in [0.25, 0.3) is 0 Å². The Balaban J connectivity index is 1.93. The Kier molecular flexibility index (Phi) is 3.70. The van der Waals surface area contributed by atoms with Crippen LogP contribution in [0.1, 0.15) is 16.7 Å². The molecule has 0 bridgehead atoms. The minimum atomic E-state index is 0.463. The van der Waals surface area contributed by atoms with E-state index in [1.54, 1.807) is 0 Å². The number of likely N-dealkylation sites (N-methyl/N-ethyl adjacent to an activating group) is 1. The van der Waals surface area contributed by atoms with Gasteiger partial charge in [0.25, 0.3) is 0 Å². The van der Waals surface area contributed by atoms with Gasteiger partial charge < -0.3 is 10.2 Å². The van der Waals surface area contributed by atoms with Crippen LogP contribution in [0.4, 0.5) is 5.82 Å². The van der Waals surface area contributed by atoms with Crippen LogP contribution in [0.3, 0.4) is 0 Å². The van der Waals surface area contributed by atoms with Crippen molar-refractivity contribution >= 4 is 5.82 Å². The number of aryl methyl sites for hydroxylation is 1. The molecule has 1 aromatic heterocycles. The van der Waals surface area contributed by atoms with Gasteiger partial charge in [-0.25, -0.2) is 4.98 Å². The summed E-state index contributed by atoms with van der Waals surface area (Å²) in [7, 11) is 2.02. The highest BCUT2D eigenvalue weighted by Gasteiger charge is 2.26. The summed E-state index contributed by atoms with van der Waals surface area (Å²) in [5, 5.41) is 3.31. The predicted octanol–water partition coefficient (Wildman–Crippen LogP) is 2.54. The van der Waals surface area contributed by atoms with E-state index in [0.717, 1.165) is 25.3 Å². The highest BCUT2D eigenvalue weighted by Crippen LogP contribution is 2.27. The number of hydrogen-bond acceptors (Lipinski definition) is 3. The van der Waals surface area contributed by atoms with Gasteiger partial charge in [0.2, 0.25) is 0 Å². The van der Waals surface area contributed by atoms with Crippen molar-refractivity contribution in [2.24, 2.45) is 0 Å². The van der Waals surface area contributed by atoms with Gasteiger partial charge in [0, 0.05) is 25.3 Å². The van der Waals surface area contributed by atoms with E-state index >= 15 is 0 Å². The Morgan fingerprint density at radius 1 is 1.20 bits per heavy atom. The molecule has 0 spiro atoms. The molecule has 20 heavy (non-hydrogen) atoms. The molecule has 0 radical (unpaired) electrons. The molecule has 1 aromatic carbocycles. The van der Waals surface area contributed by atoms with Crippen molar-refractivity contribution in [2.45, 2.75) is 25.9 Å². The monoisotopic (exact) mass is 267 g/mol. The molecule has 1 unspecified atom stereocenters. The summed E-state index contributed by atoms with van der Waals surface area (Å²) in [6.45, 7) is 4.00. The van der Waals surface area contributed by atoms with Gasteiger partial charge in [-0.05, 0) is 43.1 Å². The number of pyridine rings is 1. The Bertz CT molecular complexity index is 577. The predicted molar refractivity (Wildman–Crippen MR) is 83.0 cm³/mol. The number of hydrogen-bond donors (Lipinski definition) is 1. The van der Waals surface area contributed by atoms with Crippen molar-refractivity contribution in [2.75, 3.05) is 18.5 Å². The Morgan fingerprint density at radius 3 is 2.70 bits per heavy atom. The molecule has 3 heteroatoms. The molecule has 3 rings (SSSR count). The van der Waals surface area contributed by atoms with Gasteiger partial charge in [-0.2, -0.15) is 0 Å². The van der Waals surface area contributed by atoms with E-state index in [4.69, 9.17) is 0 Å². The highest BCUT2D eigenvalue weighted by molar-refractivity contribution is 5.46. The molecular weight excluding hydrogens is 246 g/mol. The van der Waals surface area contributed by atoms with Crippen LogP contribution in [0.2, 0.25) is 0 Å². The lowest BCUT2D eigenvalue weighted by atomic mass is 9.94. The highest BCUT2D eigenvalue weighted by atomic mass is 15.2. The fraction of sp³-hybridized carbons (Fsp3) is 0.353. The smallest absolute Gasteiger partial charge is 0.129 e. The van der Waals surface area contributed by atoms with Gasteiger partial charge in [0.15, 0.2) is 0 Å². The minimum absolute atomic E-state index is 0.463. The van der Waals surface area contributed by atoms with E-state index in [-0.39, 0.29) is 0 Å². The topological polar surface area (TPSA) is 28.2 Å². The average molecular weight is 267 g/mol. The maximum atomic E-state index is 4.61. The third kappa shape index (κ3) is 2.54. The third-order valence-electron chi connectivity index (χ3n) is 3.99. The zero-order valence-electron chi connectivity index (χ0n) is 12.1. The van der Waals surface area contributed by atoms with Crippen molar-refractivity contribution < 1.29 is 0 Å². The van der Waals surface area contributed by atoms with Crippen LogP contribution < -0.4 is 10.2 Å². The molecule has 1 aliphatic rings. The summed E-state index contributed by atoms with van der Waals surface area (Å²) in [4.78, 5) is 7.02. The number of nitrogens with zero attached hydrogens (tertiary/aromatic N) is 2. The molecule has 2 heterocycles. The number of rotatable bonds is 3. The molecule has 0 amide bonds. The zero-order valence-corrected chi connectivity index (χ0v) is 12.1. The molecular formula is C17H21N3. The second-order valence-corrected chi connectivity index (χ2v) is 5.51. The number of anilines is 1. The van der Waals surface area contributed by atoms with Gasteiger partial charge in [-0.1, -0.05) is 30.3 Å². The van der Waals surface area contributed by atoms with Gasteiger partial charge in [-0.15, -0.1) is 0 Å². The summed E-state index contributed by atoms with van der Waals surface area (Å²) in [5.74, 6) is 1.07. The molecule has 0 saturated carbocycles. The van der Waals surface area contributed by atoms with E-state index < -0.39 is 0 Å². The SMILES string of the molecule is CNCC1Cc2ccccc2CN1c1ccc(C)cn1. The standard InChI is InChI=1S/C17H21N3/c1-13-7-8-17(19-10-13)20-12-15-6-4-3-5-14(15)9-16(20)11-18-2/h3-8,10,16,18H,9,11-12H2,1-2H3. The van der Waals surface area contributed by atoms with Crippen LogP contribution in [-0.4, -0.2) is 24.6 Å². The molecule has 104 valence electrons. The molecule has 1 atom stereocenters. The normalized spacial score (nSPS) is 17.9. The Hall–Kier alpha value is -1.87. The number of aromatic nitrogens is 1. The maximum Gasteiger partial charge on any atom is 0.129 e. The van der Waals surface area contributed by atoms with Crippen molar-refractivity contribution in [3.63, 3.8) is 0 Å². The fourth-order valence-electron chi connectivity index (χ4n) is 2.90. The van der Waals surface area contributed by atoms with Crippen molar-refractivity contribution in [1.82, 2.24) is 10.3 Å². The summed E-state index contributed by atoms with van der Waals surface area (Å²) in [5.41, 5.74) is 4.09. The second-order valence-electron chi connectivity index (χ2n) is 5.51. The summed E-state index contributed by atoms with van der Waals surface area (Å²) in [6.07, 6.45) is 3.03. The van der Waals surface area contributed by atoms with E-state index in [9.17, 15) is 0 Å². The Labute approximate surface area is 120 Å². The summed E-state index contributed by atoms with van der Waals surface area (Å²) >= 11 is 0. The van der Waals surface area contributed by atoms with Crippen molar-refractivity contribution in [1.29, 1.82) is 0 Å². The molecule has 3 nitrogen and oxygen atoms in total. The van der Waals surface area contributed by atoms with Gasteiger partial charge >= 0.3 is 0 Å². The summed E-state index contributed by atoms with van der Waals surface area (Å²) in [6, 6.07) is 13.5. The zero-order chi connectivity index (χ0) is 13.9. The Morgan fingerprint density at radius 2 is 2.00 bits per heavy atom. The first-order valence-electron chi connectivity index (χ1n) is 7.18. The largest absolute Gasteiger partial charge is 0.348 e. The van der Waals surface area contributed by atoms with Crippen molar-refractivity contribution in [3.05, 3.63) is 59.3 Å². The van der Waals surface area contributed by atoms with E-state index in [1.807, 2.05) is 13.2 Å². The van der Waals surface area contributed by atoms with E-state index in [1.165, 1.54) is 16.7 Å². The molecule has 0 aliphatic carbocycles. The van der Waals surface area contributed by atoms with Gasteiger partial charge in [-0.3, -0.25) is 0 Å². The molecule has 1 N–H and O–H groups in total. The molecule has 1 aliphatic heterocycles.